The smallest absolute Gasteiger partial charge is 0.329 e. The summed E-state index contributed by atoms with van der Waals surface area (Å²) >= 11 is 0. The number of allylic oxidation sites excluding steroid dienone is 2. The monoisotopic (exact) mass is 361 g/mol. The van der Waals surface area contributed by atoms with Gasteiger partial charge in [0, 0.05) is 19.8 Å². The molecule has 1 aliphatic heterocycles. The third-order valence-corrected chi connectivity index (χ3v) is 4.38. The topological polar surface area (TPSA) is 52.7 Å². The molecule has 27 heavy (non-hydrogen) atoms. The van der Waals surface area contributed by atoms with Gasteiger partial charge in [-0.3, -0.25) is 9.69 Å². The first kappa shape index (κ1) is 18.5. The van der Waals surface area contributed by atoms with Crippen molar-refractivity contribution in [3.63, 3.8) is 0 Å². The molecule has 3 amide bonds. The highest BCUT2D eigenvalue weighted by Crippen LogP contribution is 2.16. The zero-order valence-electron chi connectivity index (χ0n) is 15.8. The molecule has 2 aromatic carbocycles. The molecule has 1 N–H and O–H groups in total. The molecule has 0 bridgehead atoms. The molecule has 1 heterocycles. The van der Waals surface area contributed by atoms with Gasteiger partial charge >= 0.3 is 6.03 Å². The van der Waals surface area contributed by atoms with Crippen molar-refractivity contribution in [2.24, 2.45) is 0 Å². The van der Waals surface area contributed by atoms with Crippen molar-refractivity contribution in [1.29, 1.82) is 0 Å². The minimum Gasteiger partial charge on any atom is -0.378 e. The van der Waals surface area contributed by atoms with Crippen LogP contribution in [0.2, 0.25) is 0 Å². The summed E-state index contributed by atoms with van der Waals surface area (Å²) in [5.41, 5.74) is 4.48. The second-order valence-electron chi connectivity index (χ2n) is 6.73. The van der Waals surface area contributed by atoms with E-state index < -0.39 is 6.03 Å². The van der Waals surface area contributed by atoms with Gasteiger partial charge in [0.25, 0.3) is 5.91 Å². The van der Waals surface area contributed by atoms with E-state index in [1.54, 1.807) is 12.2 Å². The van der Waals surface area contributed by atoms with Crippen molar-refractivity contribution in [1.82, 2.24) is 10.2 Å². The number of aryl methyl sites for hydroxylation is 1. The number of carbonyl (C=O) groups excluding carboxylic acids is 2. The van der Waals surface area contributed by atoms with Gasteiger partial charge in [0.2, 0.25) is 0 Å². The van der Waals surface area contributed by atoms with Crippen LogP contribution in [0.25, 0.3) is 6.08 Å². The average molecular weight is 361 g/mol. The maximum atomic E-state index is 12.5. The third-order valence-electron chi connectivity index (χ3n) is 4.38. The Kier molecular flexibility index (Phi) is 5.41. The lowest BCUT2D eigenvalue weighted by atomic mass is 10.1. The lowest BCUT2D eigenvalue weighted by Gasteiger charge is -2.11. The summed E-state index contributed by atoms with van der Waals surface area (Å²) in [4.78, 5) is 27.9. The molecule has 5 heteroatoms. The zero-order valence-corrected chi connectivity index (χ0v) is 15.8. The highest BCUT2D eigenvalue weighted by Gasteiger charge is 2.32. The molecule has 0 spiro atoms. The van der Waals surface area contributed by atoms with Gasteiger partial charge in [0.1, 0.15) is 5.70 Å². The summed E-state index contributed by atoms with van der Waals surface area (Å²) in [6.45, 7) is 2.26. The first-order chi connectivity index (χ1) is 12.9. The van der Waals surface area contributed by atoms with E-state index in [0.717, 1.165) is 22.4 Å². The molecule has 5 nitrogen and oxygen atoms in total. The first-order valence-corrected chi connectivity index (χ1v) is 8.78. The number of anilines is 1. The third kappa shape index (κ3) is 4.44. The number of nitrogens with zero attached hydrogens (tertiary/aromatic N) is 2. The number of nitrogens with one attached hydrogen (secondary N) is 1. The summed E-state index contributed by atoms with van der Waals surface area (Å²) < 4.78 is 0. The number of hydrogen-bond donors (Lipinski definition) is 1. The van der Waals surface area contributed by atoms with Crippen molar-refractivity contribution >= 4 is 23.7 Å². The summed E-state index contributed by atoms with van der Waals surface area (Å²) in [6, 6.07) is 15.5. The largest absolute Gasteiger partial charge is 0.378 e. The Morgan fingerprint density at radius 3 is 2.30 bits per heavy atom. The maximum absolute atomic E-state index is 12.5. The minimum atomic E-state index is -0.393. The van der Waals surface area contributed by atoms with Crippen molar-refractivity contribution in [2.45, 2.75) is 13.5 Å². The number of hydrogen-bond acceptors (Lipinski definition) is 3. The molecular formula is C22H23N3O2. The summed E-state index contributed by atoms with van der Waals surface area (Å²) in [5, 5.41) is 2.64. The summed E-state index contributed by atoms with van der Waals surface area (Å²) in [5.74, 6) is -0.312. The number of amides is 3. The molecule has 0 saturated carbocycles. The molecule has 0 atom stereocenters. The van der Waals surface area contributed by atoms with E-state index in [0.29, 0.717) is 0 Å². The van der Waals surface area contributed by atoms with E-state index in [-0.39, 0.29) is 18.1 Å². The van der Waals surface area contributed by atoms with E-state index in [9.17, 15) is 9.59 Å². The van der Waals surface area contributed by atoms with E-state index >= 15 is 0 Å². The molecule has 3 rings (SSSR count). The lowest BCUT2D eigenvalue weighted by Crippen LogP contribution is -2.30. The lowest BCUT2D eigenvalue weighted by molar-refractivity contribution is -0.123. The van der Waals surface area contributed by atoms with E-state index in [4.69, 9.17) is 0 Å². The molecule has 1 saturated heterocycles. The fourth-order valence-electron chi connectivity index (χ4n) is 2.75. The molecule has 0 aliphatic carbocycles. The van der Waals surface area contributed by atoms with E-state index in [1.165, 1.54) is 4.90 Å². The molecule has 1 aliphatic rings. The standard InChI is InChI=1S/C22H23N3O2/c1-16-7-9-18(10-8-16)15-25-21(26)20(23-22(25)27)6-4-5-17-11-13-19(14-12-17)24(2)3/h4-14H,15H2,1-3H3,(H,23,27)/b5-4+,20-6+. The van der Waals surface area contributed by atoms with Crippen LogP contribution in [0.5, 0.6) is 0 Å². The highest BCUT2D eigenvalue weighted by atomic mass is 16.2. The minimum absolute atomic E-state index is 0.262. The Hall–Kier alpha value is -3.34. The summed E-state index contributed by atoms with van der Waals surface area (Å²) in [6.07, 6.45) is 5.30. The van der Waals surface area contributed by atoms with Gasteiger partial charge < -0.3 is 10.2 Å². The Balaban J connectivity index is 1.67. The Bertz CT molecular complexity index is 894. The molecule has 138 valence electrons. The summed E-state index contributed by atoms with van der Waals surface area (Å²) in [7, 11) is 3.98. The average Bonchev–Trinajstić information content (AvgIpc) is 2.91. The second-order valence-corrected chi connectivity index (χ2v) is 6.73. The van der Waals surface area contributed by atoms with Gasteiger partial charge in [-0.1, -0.05) is 54.1 Å². The van der Waals surface area contributed by atoms with Crippen molar-refractivity contribution < 1.29 is 9.59 Å². The molecule has 0 aromatic heterocycles. The number of imide groups is 1. The fourth-order valence-corrected chi connectivity index (χ4v) is 2.75. The van der Waals surface area contributed by atoms with Gasteiger partial charge in [-0.15, -0.1) is 0 Å². The van der Waals surface area contributed by atoms with Gasteiger partial charge in [0.05, 0.1) is 6.54 Å². The van der Waals surface area contributed by atoms with E-state index in [2.05, 4.69) is 5.32 Å². The number of benzene rings is 2. The fraction of sp³-hybridized carbons (Fsp3) is 0.182. The van der Waals surface area contributed by atoms with Crippen LogP contribution in [0.1, 0.15) is 16.7 Å². The van der Waals surface area contributed by atoms with Gasteiger partial charge in [-0.25, -0.2) is 4.79 Å². The number of urea groups is 1. The Morgan fingerprint density at radius 2 is 1.67 bits per heavy atom. The predicted molar refractivity (Wildman–Crippen MR) is 108 cm³/mol. The Labute approximate surface area is 159 Å². The SMILES string of the molecule is Cc1ccc(CN2C(=O)N/C(=C/C=C/c3ccc(N(C)C)cc3)C2=O)cc1. The van der Waals surface area contributed by atoms with Crippen LogP contribution in [-0.2, 0) is 11.3 Å². The predicted octanol–water partition coefficient (Wildman–Crippen LogP) is 3.71. The van der Waals surface area contributed by atoms with Crippen LogP contribution in [-0.4, -0.2) is 30.9 Å². The van der Waals surface area contributed by atoms with Crippen LogP contribution < -0.4 is 10.2 Å². The number of rotatable bonds is 5. The van der Waals surface area contributed by atoms with Crippen LogP contribution in [0.3, 0.4) is 0 Å². The van der Waals surface area contributed by atoms with Crippen LogP contribution >= 0.6 is 0 Å². The Morgan fingerprint density at radius 1 is 1.00 bits per heavy atom. The quantitative estimate of drug-likeness (QED) is 0.652. The first-order valence-electron chi connectivity index (χ1n) is 8.78. The molecule has 0 unspecified atom stereocenters. The molecule has 2 aromatic rings. The normalized spacial score (nSPS) is 15.7. The van der Waals surface area contributed by atoms with Crippen LogP contribution in [0, 0.1) is 6.92 Å². The molecular weight excluding hydrogens is 338 g/mol. The van der Waals surface area contributed by atoms with Crippen molar-refractivity contribution in [3.8, 4) is 0 Å². The van der Waals surface area contributed by atoms with Crippen LogP contribution in [0.15, 0.2) is 66.4 Å². The van der Waals surface area contributed by atoms with Crippen molar-refractivity contribution in [2.75, 3.05) is 19.0 Å². The van der Waals surface area contributed by atoms with Gasteiger partial charge in [-0.2, -0.15) is 0 Å². The van der Waals surface area contributed by atoms with Gasteiger partial charge in [-0.05, 0) is 36.3 Å². The van der Waals surface area contributed by atoms with Gasteiger partial charge in [0.15, 0.2) is 0 Å². The highest BCUT2D eigenvalue weighted by molar-refractivity contribution is 6.11. The zero-order chi connectivity index (χ0) is 19.4. The van der Waals surface area contributed by atoms with Crippen LogP contribution in [0.4, 0.5) is 10.5 Å². The number of carbonyl (C=O) groups is 2. The maximum Gasteiger partial charge on any atom is 0.329 e. The van der Waals surface area contributed by atoms with E-state index in [1.807, 2.05) is 80.5 Å². The second kappa shape index (κ2) is 7.91. The van der Waals surface area contributed by atoms with Crippen molar-refractivity contribution in [3.05, 3.63) is 83.1 Å². The molecule has 1 fully saturated rings. The molecule has 0 radical (unpaired) electrons.